The van der Waals surface area contributed by atoms with E-state index in [0.717, 1.165) is 43.2 Å². The van der Waals surface area contributed by atoms with Crippen molar-refractivity contribution in [2.24, 2.45) is 0 Å². The molecule has 0 saturated carbocycles. The second-order valence-corrected chi connectivity index (χ2v) is 10.3. The zero-order chi connectivity index (χ0) is 21.8. The van der Waals surface area contributed by atoms with Crippen LogP contribution < -0.4 is 0 Å². The Balaban J connectivity index is 1.36. The summed E-state index contributed by atoms with van der Waals surface area (Å²) < 4.78 is 40.3. The molecule has 0 aromatic heterocycles. The lowest BCUT2D eigenvalue weighted by Crippen LogP contribution is -2.35. The molecule has 2 aliphatic heterocycles. The first-order valence-electron chi connectivity index (χ1n) is 11.1. The van der Waals surface area contributed by atoms with E-state index in [1.165, 1.54) is 12.1 Å². The number of hydrogen-bond donors (Lipinski definition) is 0. The van der Waals surface area contributed by atoms with Gasteiger partial charge in [0.25, 0.3) is 0 Å². The molecule has 166 valence electrons. The first-order valence-corrected chi connectivity index (χ1v) is 12.5. The standard InChI is InChI=1S/C24H29FN2O3S/c25-21-11-9-20(10-12-21)23-5-4-18-27(23)24(28)15-8-19-6-13-22(14-7-19)31(29,30)26-16-2-1-3-17-26/h6-7,9-14,23H,1-5,8,15-18H2. The van der Waals surface area contributed by atoms with E-state index in [4.69, 9.17) is 0 Å². The van der Waals surface area contributed by atoms with Crippen molar-refractivity contribution in [2.45, 2.75) is 55.9 Å². The number of amides is 1. The van der Waals surface area contributed by atoms with Crippen molar-refractivity contribution in [3.63, 3.8) is 0 Å². The van der Waals surface area contributed by atoms with Crippen molar-refractivity contribution in [1.82, 2.24) is 9.21 Å². The lowest BCUT2D eigenvalue weighted by atomic mass is 10.0. The Bertz CT molecular complexity index is 1000. The monoisotopic (exact) mass is 444 g/mol. The summed E-state index contributed by atoms with van der Waals surface area (Å²) in [4.78, 5) is 15.1. The van der Waals surface area contributed by atoms with Gasteiger partial charge in [0.1, 0.15) is 5.82 Å². The Morgan fingerprint density at radius 3 is 2.26 bits per heavy atom. The Morgan fingerprint density at radius 1 is 0.903 bits per heavy atom. The molecule has 4 rings (SSSR count). The summed E-state index contributed by atoms with van der Waals surface area (Å²) in [6, 6.07) is 13.3. The SMILES string of the molecule is O=C(CCc1ccc(S(=O)(=O)N2CCCCC2)cc1)N1CCCC1c1ccc(F)cc1. The van der Waals surface area contributed by atoms with Gasteiger partial charge in [-0.15, -0.1) is 0 Å². The number of benzene rings is 2. The molecular weight excluding hydrogens is 415 g/mol. The number of sulfonamides is 1. The van der Waals surface area contributed by atoms with Crippen molar-refractivity contribution in [2.75, 3.05) is 19.6 Å². The number of carbonyl (C=O) groups is 1. The number of halogens is 1. The fraction of sp³-hybridized carbons (Fsp3) is 0.458. The van der Waals surface area contributed by atoms with Crippen molar-refractivity contribution < 1.29 is 17.6 Å². The van der Waals surface area contributed by atoms with Gasteiger partial charge < -0.3 is 4.90 Å². The van der Waals surface area contributed by atoms with E-state index in [1.807, 2.05) is 17.0 Å². The van der Waals surface area contributed by atoms with Crippen molar-refractivity contribution in [1.29, 1.82) is 0 Å². The molecule has 2 aromatic rings. The lowest BCUT2D eigenvalue weighted by Gasteiger charge is -2.26. The Hall–Kier alpha value is -2.25. The van der Waals surface area contributed by atoms with E-state index in [0.29, 0.717) is 37.4 Å². The molecule has 1 amide bonds. The fourth-order valence-electron chi connectivity index (χ4n) is 4.57. The molecule has 7 heteroatoms. The molecular formula is C24H29FN2O3S. The zero-order valence-corrected chi connectivity index (χ0v) is 18.5. The zero-order valence-electron chi connectivity index (χ0n) is 17.7. The molecule has 2 heterocycles. The van der Waals surface area contributed by atoms with Crippen LogP contribution in [0.25, 0.3) is 0 Å². The van der Waals surface area contributed by atoms with E-state index >= 15 is 0 Å². The average molecular weight is 445 g/mol. The number of likely N-dealkylation sites (tertiary alicyclic amines) is 1. The van der Waals surface area contributed by atoms with Crippen molar-refractivity contribution in [3.05, 3.63) is 65.5 Å². The molecule has 0 aliphatic carbocycles. The van der Waals surface area contributed by atoms with Crippen LogP contribution in [0.5, 0.6) is 0 Å². The quantitative estimate of drug-likeness (QED) is 0.668. The van der Waals surface area contributed by atoms with Gasteiger partial charge >= 0.3 is 0 Å². The number of rotatable bonds is 6. The summed E-state index contributed by atoms with van der Waals surface area (Å²) >= 11 is 0. The second kappa shape index (κ2) is 9.49. The molecule has 2 fully saturated rings. The second-order valence-electron chi connectivity index (χ2n) is 8.41. The van der Waals surface area contributed by atoms with Crippen LogP contribution in [-0.4, -0.2) is 43.2 Å². The van der Waals surface area contributed by atoms with Gasteiger partial charge in [-0.2, -0.15) is 4.31 Å². The Kier molecular flexibility index (Phi) is 6.72. The molecule has 1 unspecified atom stereocenters. The number of carbonyl (C=O) groups excluding carboxylic acids is 1. The minimum absolute atomic E-state index is 0.00478. The predicted molar refractivity (Wildman–Crippen MR) is 117 cm³/mol. The van der Waals surface area contributed by atoms with Crippen LogP contribution in [0.3, 0.4) is 0 Å². The van der Waals surface area contributed by atoms with Crippen LogP contribution in [0.4, 0.5) is 4.39 Å². The Morgan fingerprint density at radius 2 is 1.58 bits per heavy atom. The van der Waals surface area contributed by atoms with Gasteiger partial charge in [-0.3, -0.25) is 4.79 Å². The molecule has 0 spiro atoms. The third-order valence-electron chi connectivity index (χ3n) is 6.33. The highest BCUT2D eigenvalue weighted by Crippen LogP contribution is 2.32. The first-order chi connectivity index (χ1) is 14.9. The van der Waals surface area contributed by atoms with E-state index < -0.39 is 10.0 Å². The van der Waals surface area contributed by atoms with E-state index in [1.54, 1.807) is 28.6 Å². The fourth-order valence-corrected chi connectivity index (χ4v) is 6.09. The van der Waals surface area contributed by atoms with Crippen LogP contribution in [-0.2, 0) is 21.2 Å². The third kappa shape index (κ3) is 4.99. The lowest BCUT2D eigenvalue weighted by molar-refractivity contribution is -0.132. The first kappa shape index (κ1) is 22.0. The molecule has 0 bridgehead atoms. The average Bonchev–Trinajstić information content (AvgIpc) is 3.29. The van der Waals surface area contributed by atoms with Crippen LogP contribution in [0.1, 0.15) is 55.7 Å². The van der Waals surface area contributed by atoms with Crippen LogP contribution in [0.15, 0.2) is 53.4 Å². The largest absolute Gasteiger partial charge is 0.336 e. The summed E-state index contributed by atoms with van der Waals surface area (Å²) in [5.41, 5.74) is 1.92. The summed E-state index contributed by atoms with van der Waals surface area (Å²) in [6.45, 7) is 1.89. The topological polar surface area (TPSA) is 57.7 Å². The molecule has 1 atom stereocenters. The summed E-state index contributed by atoms with van der Waals surface area (Å²) in [6.07, 6.45) is 5.67. The Labute approximate surface area is 183 Å². The predicted octanol–water partition coefficient (Wildman–Crippen LogP) is 4.30. The number of aryl methyl sites for hydroxylation is 1. The van der Waals surface area contributed by atoms with Crippen LogP contribution >= 0.6 is 0 Å². The minimum atomic E-state index is -3.43. The normalized spacial score (nSPS) is 20.2. The number of nitrogens with zero attached hydrogens (tertiary/aromatic N) is 2. The van der Waals surface area contributed by atoms with Crippen molar-refractivity contribution in [3.8, 4) is 0 Å². The van der Waals surface area contributed by atoms with E-state index in [9.17, 15) is 17.6 Å². The van der Waals surface area contributed by atoms with Gasteiger partial charge in [-0.05, 0) is 67.5 Å². The van der Waals surface area contributed by atoms with Crippen molar-refractivity contribution >= 4 is 15.9 Å². The van der Waals surface area contributed by atoms with Gasteiger partial charge in [-0.25, -0.2) is 12.8 Å². The molecule has 0 N–H and O–H groups in total. The maximum Gasteiger partial charge on any atom is 0.243 e. The molecule has 5 nitrogen and oxygen atoms in total. The summed E-state index contributed by atoms with van der Waals surface area (Å²) in [7, 11) is -3.43. The molecule has 31 heavy (non-hydrogen) atoms. The molecule has 0 radical (unpaired) electrons. The molecule has 2 aliphatic rings. The third-order valence-corrected chi connectivity index (χ3v) is 8.24. The van der Waals surface area contributed by atoms with Crippen LogP contribution in [0.2, 0.25) is 0 Å². The molecule has 2 aromatic carbocycles. The highest BCUT2D eigenvalue weighted by atomic mass is 32.2. The van der Waals surface area contributed by atoms with E-state index in [2.05, 4.69) is 0 Å². The summed E-state index contributed by atoms with van der Waals surface area (Å²) in [5, 5.41) is 0. The van der Waals surface area contributed by atoms with Gasteiger partial charge in [0.2, 0.25) is 15.9 Å². The van der Waals surface area contributed by atoms with Crippen LogP contribution in [0, 0.1) is 5.82 Å². The van der Waals surface area contributed by atoms with Gasteiger partial charge in [0.05, 0.1) is 10.9 Å². The van der Waals surface area contributed by atoms with Gasteiger partial charge in [0.15, 0.2) is 0 Å². The highest BCUT2D eigenvalue weighted by molar-refractivity contribution is 7.89. The number of hydrogen-bond acceptors (Lipinski definition) is 3. The molecule has 2 saturated heterocycles. The van der Waals surface area contributed by atoms with E-state index in [-0.39, 0.29) is 17.8 Å². The van der Waals surface area contributed by atoms with Gasteiger partial charge in [-0.1, -0.05) is 30.7 Å². The maximum absolute atomic E-state index is 13.2. The minimum Gasteiger partial charge on any atom is -0.336 e. The smallest absolute Gasteiger partial charge is 0.243 e. The maximum atomic E-state index is 13.2. The van der Waals surface area contributed by atoms with Gasteiger partial charge in [0, 0.05) is 26.1 Å². The highest BCUT2D eigenvalue weighted by Gasteiger charge is 2.30. The summed E-state index contributed by atoms with van der Waals surface area (Å²) in [5.74, 6) is -0.192. The number of piperidine rings is 1.